The average molecular weight is 373 g/mol. The Bertz CT molecular complexity index is 661. The van der Waals surface area contributed by atoms with Crippen LogP contribution in [0.3, 0.4) is 0 Å². The number of nitrogens with zero attached hydrogens (tertiary/aromatic N) is 2. The molecule has 0 aliphatic carbocycles. The molecule has 1 aromatic rings. The first-order valence-corrected chi connectivity index (χ1v) is 10.6. The number of likely N-dealkylation sites (tertiary alicyclic amines) is 1. The standard InChI is InChI=1S/C21H28N2O2S/c1-2-3-4-5-8-15-25-18-11-9-17(10-12-18)16-19-20(24)22-21(26-19)23-13-6-7-14-23/h9-12,16H,2-8,13-15H2,1H3/b19-16+. The van der Waals surface area contributed by atoms with Crippen molar-refractivity contribution in [2.24, 2.45) is 4.99 Å². The summed E-state index contributed by atoms with van der Waals surface area (Å²) >= 11 is 1.49. The van der Waals surface area contributed by atoms with Gasteiger partial charge in [0, 0.05) is 13.1 Å². The van der Waals surface area contributed by atoms with Gasteiger partial charge in [0.15, 0.2) is 5.17 Å². The molecule has 1 saturated heterocycles. The summed E-state index contributed by atoms with van der Waals surface area (Å²) in [6, 6.07) is 7.96. The second-order valence-corrected chi connectivity index (χ2v) is 7.85. The Morgan fingerprint density at radius 3 is 2.58 bits per heavy atom. The molecule has 1 amide bonds. The molecule has 3 rings (SSSR count). The van der Waals surface area contributed by atoms with Gasteiger partial charge >= 0.3 is 0 Å². The molecule has 0 atom stereocenters. The average Bonchev–Trinajstić information content (AvgIpc) is 3.30. The van der Waals surface area contributed by atoms with Gasteiger partial charge in [-0.3, -0.25) is 4.79 Å². The summed E-state index contributed by atoms with van der Waals surface area (Å²) in [4.78, 5) is 19.3. The fraction of sp³-hybridized carbons (Fsp3) is 0.524. The predicted molar refractivity (Wildman–Crippen MR) is 110 cm³/mol. The van der Waals surface area contributed by atoms with E-state index in [1.54, 1.807) is 0 Å². The minimum atomic E-state index is -0.121. The molecule has 1 fully saturated rings. The zero-order valence-electron chi connectivity index (χ0n) is 15.6. The van der Waals surface area contributed by atoms with Crippen LogP contribution in [-0.2, 0) is 4.79 Å². The maximum Gasteiger partial charge on any atom is 0.286 e. The van der Waals surface area contributed by atoms with Crippen molar-refractivity contribution in [3.63, 3.8) is 0 Å². The molecule has 140 valence electrons. The zero-order chi connectivity index (χ0) is 18.2. The second kappa shape index (κ2) is 9.81. The molecule has 4 nitrogen and oxygen atoms in total. The van der Waals surface area contributed by atoms with Crippen LogP contribution in [0.5, 0.6) is 5.75 Å². The fourth-order valence-corrected chi connectivity index (χ4v) is 4.11. The number of carbonyl (C=O) groups excluding carboxylic acids is 1. The second-order valence-electron chi connectivity index (χ2n) is 6.84. The van der Waals surface area contributed by atoms with Crippen LogP contribution in [0.2, 0.25) is 0 Å². The Kier molecular flexibility index (Phi) is 7.18. The van der Waals surface area contributed by atoms with Gasteiger partial charge in [-0.2, -0.15) is 4.99 Å². The highest BCUT2D eigenvalue weighted by atomic mass is 32.2. The number of ether oxygens (including phenoxy) is 1. The van der Waals surface area contributed by atoms with Crippen molar-refractivity contribution in [2.45, 2.75) is 51.9 Å². The lowest BCUT2D eigenvalue weighted by atomic mass is 10.2. The molecule has 0 bridgehead atoms. The Morgan fingerprint density at radius 2 is 1.85 bits per heavy atom. The van der Waals surface area contributed by atoms with Crippen molar-refractivity contribution < 1.29 is 9.53 Å². The smallest absolute Gasteiger partial charge is 0.286 e. The first-order chi connectivity index (χ1) is 12.8. The molecule has 0 aromatic heterocycles. The third kappa shape index (κ3) is 5.37. The van der Waals surface area contributed by atoms with Crippen LogP contribution in [0.15, 0.2) is 34.2 Å². The summed E-state index contributed by atoms with van der Waals surface area (Å²) in [6.07, 6.45) is 10.5. The van der Waals surface area contributed by atoms with E-state index in [2.05, 4.69) is 16.8 Å². The Hall–Kier alpha value is -1.75. The number of hydrogen-bond donors (Lipinski definition) is 0. The van der Waals surface area contributed by atoms with E-state index in [4.69, 9.17) is 4.74 Å². The number of carbonyl (C=O) groups is 1. The van der Waals surface area contributed by atoms with E-state index in [1.807, 2.05) is 30.3 Å². The van der Waals surface area contributed by atoms with Crippen LogP contribution in [0.1, 0.15) is 57.4 Å². The van der Waals surface area contributed by atoms with E-state index in [0.29, 0.717) is 4.91 Å². The summed E-state index contributed by atoms with van der Waals surface area (Å²) < 4.78 is 5.79. The number of rotatable bonds is 8. The third-order valence-electron chi connectivity index (χ3n) is 4.68. The van der Waals surface area contributed by atoms with Gasteiger partial charge in [-0.25, -0.2) is 0 Å². The number of thioether (sulfide) groups is 1. The summed E-state index contributed by atoms with van der Waals surface area (Å²) in [5.41, 5.74) is 1.01. The molecule has 2 heterocycles. The normalized spacial score (nSPS) is 18.7. The molecule has 2 aliphatic heterocycles. The van der Waals surface area contributed by atoms with Gasteiger partial charge in [-0.15, -0.1) is 0 Å². The first-order valence-electron chi connectivity index (χ1n) is 9.76. The minimum Gasteiger partial charge on any atom is -0.494 e. The maximum atomic E-state index is 12.1. The largest absolute Gasteiger partial charge is 0.494 e. The van der Waals surface area contributed by atoms with Crippen molar-refractivity contribution >= 4 is 28.9 Å². The van der Waals surface area contributed by atoms with E-state index >= 15 is 0 Å². The Labute approximate surface area is 160 Å². The van der Waals surface area contributed by atoms with Crippen LogP contribution < -0.4 is 4.74 Å². The SMILES string of the molecule is CCCCCCCOc1ccc(/C=C2/SC(N3CCCC3)=NC2=O)cc1. The van der Waals surface area contributed by atoms with Gasteiger partial charge < -0.3 is 9.64 Å². The zero-order valence-corrected chi connectivity index (χ0v) is 16.4. The van der Waals surface area contributed by atoms with E-state index in [1.165, 1.54) is 50.3 Å². The van der Waals surface area contributed by atoms with Crippen LogP contribution >= 0.6 is 11.8 Å². The summed E-state index contributed by atoms with van der Waals surface area (Å²) in [5.74, 6) is 0.770. The number of unbranched alkanes of at least 4 members (excludes halogenated alkanes) is 4. The van der Waals surface area contributed by atoms with E-state index in [0.717, 1.165) is 42.6 Å². The summed E-state index contributed by atoms with van der Waals surface area (Å²) in [6.45, 7) is 5.02. The highest BCUT2D eigenvalue weighted by molar-refractivity contribution is 8.18. The summed E-state index contributed by atoms with van der Waals surface area (Å²) in [7, 11) is 0. The number of hydrogen-bond acceptors (Lipinski definition) is 4. The van der Waals surface area contributed by atoms with Gasteiger partial charge in [-0.05, 0) is 54.8 Å². The van der Waals surface area contributed by atoms with Crippen LogP contribution in [0.4, 0.5) is 0 Å². The van der Waals surface area contributed by atoms with Crippen molar-refractivity contribution in [1.82, 2.24) is 4.90 Å². The van der Waals surface area contributed by atoms with E-state index in [-0.39, 0.29) is 5.91 Å². The lowest BCUT2D eigenvalue weighted by Gasteiger charge is -2.14. The number of benzene rings is 1. The van der Waals surface area contributed by atoms with E-state index < -0.39 is 0 Å². The lowest BCUT2D eigenvalue weighted by molar-refractivity contribution is -0.113. The highest BCUT2D eigenvalue weighted by Gasteiger charge is 2.27. The molecule has 0 radical (unpaired) electrons. The minimum absolute atomic E-state index is 0.121. The number of amidine groups is 1. The van der Waals surface area contributed by atoms with Crippen LogP contribution in [-0.4, -0.2) is 35.7 Å². The van der Waals surface area contributed by atoms with Crippen molar-refractivity contribution in [1.29, 1.82) is 0 Å². The van der Waals surface area contributed by atoms with Gasteiger partial charge in [-0.1, -0.05) is 44.7 Å². The molecule has 0 saturated carbocycles. The molecule has 26 heavy (non-hydrogen) atoms. The number of aliphatic imine (C=N–C) groups is 1. The Morgan fingerprint density at radius 1 is 1.12 bits per heavy atom. The molecule has 2 aliphatic rings. The Balaban J connectivity index is 1.48. The molecular formula is C21H28N2O2S. The molecule has 0 N–H and O–H groups in total. The maximum absolute atomic E-state index is 12.1. The van der Waals surface area contributed by atoms with Gasteiger partial charge in [0.1, 0.15) is 5.75 Å². The highest BCUT2D eigenvalue weighted by Crippen LogP contribution is 2.31. The van der Waals surface area contributed by atoms with Crippen molar-refractivity contribution in [3.05, 3.63) is 34.7 Å². The lowest BCUT2D eigenvalue weighted by Crippen LogP contribution is -2.23. The van der Waals surface area contributed by atoms with Gasteiger partial charge in [0.05, 0.1) is 11.5 Å². The predicted octanol–water partition coefficient (Wildman–Crippen LogP) is 5.10. The molecular weight excluding hydrogens is 344 g/mol. The van der Waals surface area contributed by atoms with E-state index in [9.17, 15) is 4.79 Å². The molecule has 1 aromatic carbocycles. The molecule has 0 unspecified atom stereocenters. The van der Waals surface area contributed by atoms with Crippen LogP contribution in [0.25, 0.3) is 6.08 Å². The fourth-order valence-electron chi connectivity index (χ4n) is 3.15. The topological polar surface area (TPSA) is 41.9 Å². The number of amides is 1. The third-order valence-corrected chi connectivity index (χ3v) is 5.72. The van der Waals surface area contributed by atoms with Crippen molar-refractivity contribution in [3.8, 4) is 5.75 Å². The molecule has 0 spiro atoms. The quantitative estimate of drug-likeness (QED) is 0.470. The molecule has 5 heteroatoms. The van der Waals surface area contributed by atoms with Crippen molar-refractivity contribution in [2.75, 3.05) is 19.7 Å². The van der Waals surface area contributed by atoms with Gasteiger partial charge in [0.2, 0.25) is 0 Å². The summed E-state index contributed by atoms with van der Waals surface area (Å²) in [5, 5.41) is 0.863. The van der Waals surface area contributed by atoms with Crippen LogP contribution in [0, 0.1) is 0 Å². The monoisotopic (exact) mass is 372 g/mol. The van der Waals surface area contributed by atoms with Gasteiger partial charge in [0.25, 0.3) is 5.91 Å². The first kappa shape index (κ1) is 19.0.